The predicted molar refractivity (Wildman–Crippen MR) is 98.3 cm³/mol. The third-order valence-corrected chi connectivity index (χ3v) is 5.83. The highest BCUT2D eigenvalue weighted by atomic mass is 16.5. The molecule has 2 aliphatic rings. The Bertz CT molecular complexity index is 764. The molecule has 2 fully saturated rings. The molecular formula is C21H26N2O2. The Balaban J connectivity index is 1.40. The first kappa shape index (κ1) is 16.5. The molecule has 4 rings (SSSR count). The van der Waals surface area contributed by atoms with Gasteiger partial charge in [0.05, 0.1) is 24.8 Å². The number of nitrogens with one attached hydrogen (secondary N) is 1. The fourth-order valence-corrected chi connectivity index (χ4v) is 3.73. The lowest BCUT2D eigenvalue weighted by atomic mass is 9.93. The van der Waals surface area contributed by atoms with Gasteiger partial charge in [-0.1, -0.05) is 25.1 Å². The van der Waals surface area contributed by atoms with Gasteiger partial charge in [-0.3, -0.25) is 9.78 Å². The number of carbonyl (C=O) groups is 1. The molecule has 1 saturated heterocycles. The SMILES string of the molecule is CC1(CCC(=O)N[C@@H]2COC[C@H]2Cc2ccnc3ccccc23)CC1. The van der Waals surface area contributed by atoms with Crippen LogP contribution in [-0.4, -0.2) is 30.1 Å². The zero-order valence-electron chi connectivity index (χ0n) is 14.8. The second-order valence-corrected chi connectivity index (χ2v) is 7.97. The smallest absolute Gasteiger partial charge is 0.220 e. The average Bonchev–Trinajstić information content (AvgIpc) is 3.21. The zero-order chi connectivity index (χ0) is 17.3. The summed E-state index contributed by atoms with van der Waals surface area (Å²) in [7, 11) is 0. The number of ether oxygens (including phenoxy) is 1. The molecule has 1 amide bonds. The van der Waals surface area contributed by atoms with Crippen LogP contribution >= 0.6 is 0 Å². The molecule has 4 nitrogen and oxygen atoms in total. The number of amides is 1. The van der Waals surface area contributed by atoms with Gasteiger partial charge >= 0.3 is 0 Å². The van der Waals surface area contributed by atoms with Crippen molar-refractivity contribution < 1.29 is 9.53 Å². The summed E-state index contributed by atoms with van der Waals surface area (Å²) in [6, 6.07) is 10.4. The van der Waals surface area contributed by atoms with Gasteiger partial charge in [0.2, 0.25) is 5.91 Å². The Kier molecular flexibility index (Phi) is 4.46. The van der Waals surface area contributed by atoms with Crippen LogP contribution < -0.4 is 5.32 Å². The van der Waals surface area contributed by atoms with Crippen LogP contribution in [0.25, 0.3) is 10.9 Å². The molecular weight excluding hydrogens is 312 g/mol. The van der Waals surface area contributed by atoms with Crippen LogP contribution in [0.2, 0.25) is 0 Å². The van der Waals surface area contributed by atoms with Crippen LogP contribution in [0.5, 0.6) is 0 Å². The van der Waals surface area contributed by atoms with Gasteiger partial charge in [-0.05, 0) is 48.8 Å². The first-order chi connectivity index (χ1) is 12.1. The Morgan fingerprint density at radius 1 is 1.28 bits per heavy atom. The van der Waals surface area contributed by atoms with Crippen molar-refractivity contribution in [2.24, 2.45) is 11.3 Å². The molecule has 1 aromatic carbocycles. The van der Waals surface area contributed by atoms with Crippen LogP contribution in [-0.2, 0) is 16.0 Å². The third-order valence-electron chi connectivity index (χ3n) is 5.83. The normalized spacial score (nSPS) is 24.4. The first-order valence-electron chi connectivity index (χ1n) is 9.33. The van der Waals surface area contributed by atoms with Crippen molar-refractivity contribution in [2.75, 3.05) is 13.2 Å². The van der Waals surface area contributed by atoms with Gasteiger partial charge < -0.3 is 10.1 Å². The molecule has 0 unspecified atom stereocenters. The van der Waals surface area contributed by atoms with E-state index in [9.17, 15) is 4.79 Å². The van der Waals surface area contributed by atoms with Crippen LogP contribution in [0.3, 0.4) is 0 Å². The number of pyridine rings is 1. The number of hydrogen-bond donors (Lipinski definition) is 1. The summed E-state index contributed by atoms with van der Waals surface area (Å²) in [5.74, 6) is 0.500. The minimum atomic E-state index is 0.117. The number of aromatic nitrogens is 1. The van der Waals surface area contributed by atoms with Crippen molar-refractivity contribution in [3.8, 4) is 0 Å². The maximum Gasteiger partial charge on any atom is 0.220 e. The van der Waals surface area contributed by atoms with E-state index < -0.39 is 0 Å². The fraction of sp³-hybridized carbons (Fsp3) is 0.524. The van der Waals surface area contributed by atoms with Crippen molar-refractivity contribution in [3.05, 3.63) is 42.1 Å². The summed E-state index contributed by atoms with van der Waals surface area (Å²) in [5.41, 5.74) is 2.74. The van der Waals surface area contributed by atoms with Gasteiger partial charge in [-0.25, -0.2) is 0 Å². The molecule has 1 aliphatic carbocycles. The minimum absolute atomic E-state index is 0.117. The molecule has 132 valence electrons. The van der Waals surface area contributed by atoms with Crippen LogP contribution in [0.1, 0.15) is 38.2 Å². The number of hydrogen-bond acceptors (Lipinski definition) is 3. The monoisotopic (exact) mass is 338 g/mol. The summed E-state index contributed by atoms with van der Waals surface area (Å²) in [6.45, 7) is 3.60. The lowest BCUT2D eigenvalue weighted by molar-refractivity contribution is -0.122. The Labute approximate surface area is 149 Å². The van der Waals surface area contributed by atoms with Gasteiger partial charge in [0.15, 0.2) is 0 Å². The molecule has 25 heavy (non-hydrogen) atoms. The summed E-state index contributed by atoms with van der Waals surface area (Å²) < 4.78 is 5.68. The van der Waals surface area contributed by atoms with Gasteiger partial charge in [0.25, 0.3) is 0 Å². The second kappa shape index (κ2) is 6.75. The largest absolute Gasteiger partial charge is 0.379 e. The average molecular weight is 338 g/mol. The van der Waals surface area contributed by atoms with E-state index >= 15 is 0 Å². The Morgan fingerprint density at radius 2 is 2.12 bits per heavy atom. The number of para-hydroxylation sites is 1. The molecule has 1 aliphatic heterocycles. The van der Waals surface area contributed by atoms with Crippen LogP contribution in [0, 0.1) is 11.3 Å². The van der Waals surface area contributed by atoms with E-state index in [-0.39, 0.29) is 11.9 Å². The first-order valence-corrected chi connectivity index (χ1v) is 9.33. The number of fused-ring (bicyclic) bond motifs is 1. The molecule has 4 heteroatoms. The van der Waals surface area contributed by atoms with Crippen molar-refractivity contribution in [2.45, 2.75) is 45.1 Å². The maximum atomic E-state index is 12.3. The number of rotatable bonds is 6. The minimum Gasteiger partial charge on any atom is -0.379 e. The molecule has 1 aromatic heterocycles. The van der Waals surface area contributed by atoms with E-state index in [1.54, 1.807) is 0 Å². The second-order valence-electron chi connectivity index (χ2n) is 7.97. The Hall–Kier alpha value is -1.94. The lowest BCUT2D eigenvalue weighted by Gasteiger charge is -2.20. The highest BCUT2D eigenvalue weighted by molar-refractivity contribution is 5.82. The van der Waals surface area contributed by atoms with Gasteiger partial charge in [-0.15, -0.1) is 0 Å². The molecule has 2 heterocycles. The molecule has 0 spiro atoms. The van der Waals surface area contributed by atoms with Crippen molar-refractivity contribution in [1.29, 1.82) is 0 Å². The molecule has 0 bridgehead atoms. The van der Waals surface area contributed by atoms with E-state index in [1.165, 1.54) is 23.8 Å². The molecule has 0 radical (unpaired) electrons. The lowest BCUT2D eigenvalue weighted by Crippen LogP contribution is -2.40. The van der Waals surface area contributed by atoms with Crippen molar-refractivity contribution >= 4 is 16.8 Å². The highest BCUT2D eigenvalue weighted by Crippen LogP contribution is 2.48. The Morgan fingerprint density at radius 3 is 2.96 bits per heavy atom. The van der Waals surface area contributed by atoms with E-state index in [2.05, 4.69) is 35.4 Å². The van der Waals surface area contributed by atoms with Gasteiger partial charge in [0.1, 0.15) is 0 Å². The number of carbonyl (C=O) groups excluding carboxylic acids is 1. The van der Waals surface area contributed by atoms with E-state index in [1.807, 2.05) is 18.3 Å². The summed E-state index contributed by atoms with van der Waals surface area (Å²) >= 11 is 0. The van der Waals surface area contributed by atoms with Crippen LogP contribution in [0.4, 0.5) is 0 Å². The fourth-order valence-electron chi connectivity index (χ4n) is 3.73. The topological polar surface area (TPSA) is 51.2 Å². The van der Waals surface area contributed by atoms with Gasteiger partial charge in [-0.2, -0.15) is 0 Å². The third kappa shape index (κ3) is 3.84. The quantitative estimate of drug-likeness (QED) is 0.877. The predicted octanol–water partition coefficient (Wildman–Crippen LogP) is 3.49. The highest BCUT2D eigenvalue weighted by Gasteiger charge is 2.37. The van der Waals surface area contributed by atoms with Crippen molar-refractivity contribution in [3.63, 3.8) is 0 Å². The van der Waals surface area contributed by atoms with E-state index in [0.717, 1.165) is 18.4 Å². The molecule has 2 atom stereocenters. The summed E-state index contributed by atoms with van der Waals surface area (Å²) in [4.78, 5) is 16.7. The molecule has 1 saturated carbocycles. The van der Waals surface area contributed by atoms with Crippen molar-refractivity contribution in [1.82, 2.24) is 10.3 Å². The maximum absolute atomic E-state index is 12.3. The molecule has 1 N–H and O–H groups in total. The number of benzene rings is 1. The number of nitrogens with zero attached hydrogens (tertiary/aromatic N) is 1. The molecule has 2 aromatic rings. The van der Waals surface area contributed by atoms with E-state index in [4.69, 9.17) is 4.74 Å². The standard InChI is InChI=1S/C21H26N2O2/c1-21(9-10-21)8-6-20(24)23-19-14-25-13-16(19)12-15-7-11-22-18-5-3-2-4-17(15)18/h2-5,7,11,16,19H,6,8-10,12-14H2,1H3,(H,23,24)/t16-,19-/m1/s1. The van der Waals surface area contributed by atoms with Gasteiger partial charge in [0, 0.05) is 23.9 Å². The zero-order valence-corrected chi connectivity index (χ0v) is 14.8. The summed E-state index contributed by atoms with van der Waals surface area (Å²) in [5, 5.41) is 4.42. The van der Waals surface area contributed by atoms with E-state index in [0.29, 0.717) is 31.0 Å². The summed E-state index contributed by atoms with van der Waals surface area (Å²) in [6.07, 6.45) is 6.96. The van der Waals surface area contributed by atoms with Crippen LogP contribution in [0.15, 0.2) is 36.5 Å².